The fourth-order valence-electron chi connectivity index (χ4n) is 2.00. The van der Waals surface area contributed by atoms with E-state index in [1.54, 1.807) is 24.3 Å². The molecule has 0 heterocycles. The Labute approximate surface area is 123 Å². The molecule has 0 saturated carbocycles. The van der Waals surface area contributed by atoms with Crippen molar-refractivity contribution in [1.82, 2.24) is 0 Å². The Kier molecular flexibility index (Phi) is 4.63. The third-order valence-corrected chi connectivity index (χ3v) is 3.23. The second kappa shape index (κ2) is 6.25. The van der Waals surface area contributed by atoms with E-state index in [1.165, 1.54) is 6.07 Å². The fourth-order valence-corrected chi connectivity index (χ4v) is 2.20. The van der Waals surface area contributed by atoms with Gasteiger partial charge in [0.15, 0.2) is 11.6 Å². The van der Waals surface area contributed by atoms with E-state index in [0.29, 0.717) is 5.02 Å². The maximum absolute atomic E-state index is 13.8. The van der Waals surface area contributed by atoms with E-state index in [9.17, 15) is 4.39 Å². The summed E-state index contributed by atoms with van der Waals surface area (Å²) in [5.74, 6) is -0.199. The molecule has 0 fully saturated rings. The van der Waals surface area contributed by atoms with Gasteiger partial charge in [-0.25, -0.2) is 4.39 Å². The van der Waals surface area contributed by atoms with Crippen molar-refractivity contribution in [3.63, 3.8) is 0 Å². The molecular formula is C16H17ClFNO. The van der Waals surface area contributed by atoms with Crippen molar-refractivity contribution in [1.29, 1.82) is 0 Å². The number of hydrogen-bond acceptors (Lipinski definition) is 2. The predicted molar refractivity (Wildman–Crippen MR) is 79.6 cm³/mol. The van der Waals surface area contributed by atoms with Gasteiger partial charge in [-0.3, -0.25) is 0 Å². The maximum Gasteiger partial charge on any atom is 0.165 e. The van der Waals surface area contributed by atoms with Crippen molar-refractivity contribution in [3.05, 3.63) is 64.4 Å². The summed E-state index contributed by atoms with van der Waals surface area (Å²) in [4.78, 5) is 0. The maximum atomic E-state index is 13.8. The molecule has 0 aromatic heterocycles. The van der Waals surface area contributed by atoms with Gasteiger partial charge in [-0.2, -0.15) is 0 Å². The molecule has 2 N–H and O–H groups in total. The molecule has 106 valence electrons. The molecular weight excluding hydrogens is 277 g/mol. The molecule has 2 aromatic rings. The molecule has 4 heteroatoms. The Morgan fingerprint density at radius 1 is 1.20 bits per heavy atom. The summed E-state index contributed by atoms with van der Waals surface area (Å²) >= 11 is 5.98. The van der Waals surface area contributed by atoms with Crippen molar-refractivity contribution in [3.8, 4) is 5.75 Å². The molecule has 20 heavy (non-hydrogen) atoms. The number of aryl methyl sites for hydroxylation is 1. The van der Waals surface area contributed by atoms with Gasteiger partial charge in [0.2, 0.25) is 0 Å². The van der Waals surface area contributed by atoms with Crippen LogP contribution in [0.4, 0.5) is 4.39 Å². The molecule has 0 bridgehead atoms. The summed E-state index contributed by atoms with van der Waals surface area (Å²) in [6.45, 7) is 3.70. The van der Waals surface area contributed by atoms with Crippen LogP contribution in [-0.2, 0) is 0 Å². The second-order valence-electron chi connectivity index (χ2n) is 4.89. The van der Waals surface area contributed by atoms with Gasteiger partial charge < -0.3 is 10.5 Å². The average Bonchev–Trinajstić information content (AvgIpc) is 2.39. The Hall–Kier alpha value is -1.58. The highest BCUT2D eigenvalue weighted by Gasteiger charge is 2.20. The van der Waals surface area contributed by atoms with E-state index in [1.807, 2.05) is 26.0 Å². The number of hydrogen-bond donors (Lipinski definition) is 1. The zero-order valence-corrected chi connectivity index (χ0v) is 12.2. The fraction of sp³-hybridized carbons (Fsp3) is 0.250. The highest BCUT2D eigenvalue weighted by atomic mass is 35.5. The minimum Gasteiger partial charge on any atom is -0.481 e. The number of rotatable bonds is 4. The highest BCUT2D eigenvalue weighted by molar-refractivity contribution is 6.30. The van der Waals surface area contributed by atoms with Crippen LogP contribution in [0.15, 0.2) is 42.5 Å². The largest absolute Gasteiger partial charge is 0.481 e. The van der Waals surface area contributed by atoms with Crippen LogP contribution in [0.5, 0.6) is 5.75 Å². The standard InChI is InChI=1S/C16H17ClFNO/c1-10-6-7-14(18)15(8-10)20-16(11(2)19)12-4-3-5-13(17)9-12/h3-9,11,16H,19H2,1-2H3. The molecule has 0 aliphatic heterocycles. The Morgan fingerprint density at radius 3 is 2.60 bits per heavy atom. The second-order valence-corrected chi connectivity index (χ2v) is 5.32. The first-order valence-electron chi connectivity index (χ1n) is 6.41. The molecule has 0 radical (unpaired) electrons. The molecule has 0 saturated heterocycles. The van der Waals surface area contributed by atoms with E-state index in [0.717, 1.165) is 11.1 Å². The SMILES string of the molecule is Cc1ccc(F)c(OC(c2cccc(Cl)c2)C(C)N)c1. The average molecular weight is 294 g/mol. The van der Waals surface area contributed by atoms with Gasteiger partial charge in [-0.15, -0.1) is 0 Å². The summed E-state index contributed by atoms with van der Waals surface area (Å²) in [6.07, 6.45) is -0.454. The first-order valence-corrected chi connectivity index (χ1v) is 6.79. The smallest absolute Gasteiger partial charge is 0.165 e. The first kappa shape index (κ1) is 14.8. The topological polar surface area (TPSA) is 35.2 Å². The molecule has 0 aliphatic rings. The van der Waals surface area contributed by atoms with Crippen LogP contribution in [0.3, 0.4) is 0 Å². The number of ether oxygens (including phenoxy) is 1. The molecule has 0 amide bonds. The van der Waals surface area contributed by atoms with Crippen molar-refractivity contribution in [2.45, 2.75) is 26.0 Å². The lowest BCUT2D eigenvalue weighted by atomic mass is 10.0. The monoisotopic (exact) mass is 293 g/mol. The molecule has 2 atom stereocenters. The first-order chi connectivity index (χ1) is 9.47. The summed E-state index contributed by atoms with van der Waals surface area (Å²) in [5.41, 5.74) is 7.72. The molecule has 2 unspecified atom stereocenters. The Morgan fingerprint density at radius 2 is 1.95 bits per heavy atom. The van der Waals surface area contributed by atoms with E-state index < -0.39 is 11.9 Å². The lowest BCUT2D eigenvalue weighted by Crippen LogP contribution is -2.29. The lowest BCUT2D eigenvalue weighted by molar-refractivity contribution is 0.172. The third-order valence-electron chi connectivity index (χ3n) is 3.00. The van der Waals surface area contributed by atoms with E-state index in [-0.39, 0.29) is 11.8 Å². The van der Waals surface area contributed by atoms with Gasteiger partial charge >= 0.3 is 0 Å². The molecule has 0 aliphatic carbocycles. The predicted octanol–water partition coefficient (Wildman–Crippen LogP) is 4.25. The van der Waals surface area contributed by atoms with Gasteiger partial charge in [0.1, 0.15) is 6.10 Å². The van der Waals surface area contributed by atoms with Crippen LogP contribution in [0, 0.1) is 12.7 Å². The normalized spacial score (nSPS) is 13.8. The van der Waals surface area contributed by atoms with Crippen LogP contribution < -0.4 is 10.5 Å². The molecule has 2 nitrogen and oxygen atoms in total. The van der Waals surface area contributed by atoms with Gasteiger partial charge in [0.25, 0.3) is 0 Å². The molecule has 0 spiro atoms. The van der Waals surface area contributed by atoms with E-state index in [2.05, 4.69) is 0 Å². The van der Waals surface area contributed by atoms with Crippen LogP contribution in [0.25, 0.3) is 0 Å². The third kappa shape index (κ3) is 3.50. The number of benzene rings is 2. The summed E-state index contributed by atoms with van der Waals surface area (Å²) in [5, 5.41) is 0.599. The molecule has 2 aromatic carbocycles. The minimum atomic E-state index is -0.454. The summed E-state index contributed by atoms with van der Waals surface area (Å²) in [7, 11) is 0. The quantitative estimate of drug-likeness (QED) is 0.914. The van der Waals surface area contributed by atoms with E-state index in [4.69, 9.17) is 22.1 Å². The summed E-state index contributed by atoms with van der Waals surface area (Å²) < 4.78 is 19.6. The van der Waals surface area contributed by atoms with Gasteiger partial charge in [0.05, 0.1) is 0 Å². The van der Waals surface area contributed by atoms with Gasteiger partial charge in [-0.05, 0) is 49.2 Å². The zero-order valence-electron chi connectivity index (χ0n) is 11.4. The van der Waals surface area contributed by atoms with Crippen LogP contribution in [0.1, 0.15) is 24.2 Å². The highest BCUT2D eigenvalue weighted by Crippen LogP contribution is 2.28. The van der Waals surface area contributed by atoms with Crippen molar-refractivity contribution < 1.29 is 9.13 Å². The van der Waals surface area contributed by atoms with Crippen LogP contribution >= 0.6 is 11.6 Å². The zero-order chi connectivity index (χ0) is 14.7. The number of nitrogens with two attached hydrogens (primary N) is 1. The summed E-state index contributed by atoms with van der Waals surface area (Å²) in [6, 6.07) is 11.7. The van der Waals surface area contributed by atoms with Crippen molar-refractivity contribution in [2.75, 3.05) is 0 Å². The van der Waals surface area contributed by atoms with Gasteiger partial charge in [0, 0.05) is 11.1 Å². The molecule has 2 rings (SSSR count). The Bertz CT molecular complexity index is 601. The van der Waals surface area contributed by atoms with Crippen LogP contribution in [0.2, 0.25) is 5.02 Å². The lowest BCUT2D eigenvalue weighted by Gasteiger charge is -2.23. The van der Waals surface area contributed by atoms with Crippen molar-refractivity contribution >= 4 is 11.6 Å². The minimum absolute atomic E-state index is 0.201. The van der Waals surface area contributed by atoms with Crippen molar-refractivity contribution in [2.24, 2.45) is 5.73 Å². The van der Waals surface area contributed by atoms with Crippen LogP contribution in [-0.4, -0.2) is 6.04 Å². The van der Waals surface area contributed by atoms with Gasteiger partial charge in [-0.1, -0.05) is 29.8 Å². The number of halogens is 2. The van der Waals surface area contributed by atoms with E-state index >= 15 is 0 Å². The Balaban J connectivity index is 2.33.